The van der Waals surface area contributed by atoms with Crippen LogP contribution in [-0.4, -0.2) is 113 Å². The smallest absolute Gasteiger partial charge is 0.353 e. The summed E-state index contributed by atoms with van der Waals surface area (Å²) in [7, 11) is -4.30. The molecule has 1 aliphatic heterocycles. The maximum Gasteiger partial charge on any atom is 0.353 e. The van der Waals surface area contributed by atoms with Crippen LogP contribution < -0.4 is 11.4 Å². The summed E-state index contributed by atoms with van der Waals surface area (Å²) < 4.78 is 21.6. The monoisotopic (exact) mass is 450 g/mol. The van der Waals surface area contributed by atoms with E-state index in [-0.39, 0.29) is 54.7 Å². The topological polar surface area (TPSA) is 235 Å². The Morgan fingerprint density at radius 3 is 2.55 bits per heavy atom. The number of nitrogens with two attached hydrogens (primary N) is 1. The number of carbonyl (C=O) groups is 1. The SMILES string of the molecule is Nc1ccn(C2(O)C[C@@H](OCP(=O)(O)O)CO2)c(=O)n1.O=C[C@@H](O)[C@H](O)CO.[Na]. The first kappa shape index (κ1) is 28.3. The average molecular weight is 450 g/mol. The van der Waals surface area contributed by atoms with E-state index in [1.54, 1.807) is 0 Å². The van der Waals surface area contributed by atoms with Crippen molar-refractivity contribution in [1.29, 1.82) is 0 Å². The van der Waals surface area contributed by atoms with E-state index >= 15 is 0 Å². The van der Waals surface area contributed by atoms with E-state index in [4.69, 9.17) is 40.3 Å². The molecular formula is C13H22N3NaO11P. The molecule has 0 saturated carbocycles. The first-order valence-electron chi connectivity index (χ1n) is 7.72. The zero-order chi connectivity index (χ0) is 21.5. The van der Waals surface area contributed by atoms with Crippen molar-refractivity contribution in [3.8, 4) is 0 Å². The Morgan fingerprint density at radius 2 is 2.10 bits per heavy atom. The number of rotatable bonds is 7. The van der Waals surface area contributed by atoms with Gasteiger partial charge in [-0.15, -0.1) is 0 Å². The number of nitrogen functional groups attached to an aromatic ring is 1. The number of aromatic nitrogens is 2. The number of carbonyl (C=O) groups excluding carboxylic acids is 1. The van der Waals surface area contributed by atoms with E-state index < -0.39 is 50.5 Å². The second kappa shape index (κ2) is 12.2. The predicted molar refractivity (Wildman–Crippen MR) is 96.4 cm³/mol. The Morgan fingerprint density at radius 1 is 1.48 bits per heavy atom. The van der Waals surface area contributed by atoms with Crippen LogP contribution in [0, 0.1) is 0 Å². The molecular weight excluding hydrogens is 428 g/mol. The van der Waals surface area contributed by atoms with Crippen molar-refractivity contribution in [3.63, 3.8) is 0 Å². The van der Waals surface area contributed by atoms with Gasteiger partial charge in [0.2, 0.25) is 0 Å². The maximum absolute atomic E-state index is 11.6. The van der Waals surface area contributed by atoms with Crippen LogP contribution in [0.5, 0.6) is 0 Å². The summed E-state index contributed by atoms with van der Waals surface area (Å²) >= 11 is 0. The number of anilines is 1. The minimum Gasteiger partial charge on any atom is -0.394 e. The molecule has 161 valence electrons. The van der Waals surface area contributed by atoms with Gasteiger partial charge in [-0.25, -0.2) is 9.36 Å². The van der Waals surface area contributed by atoms with Gasteiger partial charge in [0.15, 0.2) is 6.29 Å². The van der Waals surface area contributed by atoms with E-state index in [1.807, 2.05) is 0 Å². The number of aliphatic hydroxyl groups is 4. The third kappa shape index (κ3) is 9.29. The number of hydrogen-bond donors (Lipinski definition) is 7. The predicted octanol–water partition coefficient (Wildman–Crippen LogP) is -4.11. The fourth-order valence-corrected chi connectivity index (χ4v) is 2.40. The summed E-state index contributed by atoms with van der Waals surface area (Å²) in [5.74, 6) is -1.97. The van der Waals surface area contributed by atoms with Crippen LogP contribution in [0.15, 0.2) is 17.1 Å². The molecule has 0 spiro atoms. The molecule has 8 N–H and O–H groups in total. The third-order valence-electron chi connectivity index (χ3n) is 3.39. The van der Waals surface area contributed by atoms with E-state index in [0.29, 0.717) is 0 Å². The maximum atomic E-state index is 11.6. The minimum absolute atomic E-state index is 0. The number of aldehydes is 1. The summed E-state index contributed by atoms with van der Waals surface area (Å²) in [5.41, 5.74) is 4.53. The quantitative estimate of drug-likeness (QED) is 0.119. The second-order valence-corrected chi connectivity index (χ2v) is 7.31. The van der Waals surface area contributed by atoms with Crippen molar-refractivity contribution < 1.29 is 49.0 Å². The van der Waals surface area contributed by atoms with Crippen LogP contribution in [0.2, 0.25) is 0 Å². The summed E-state index contributed by atoms with van der Waals surface area (Å²) in [6.45, 7) is -0.715. The molecule has 1 fully saturated rings. The van der Waals surface area contributed by atoms with Crippen molar-refractivity contribution in [2.24, 2.45) is 0 Å². The second-order valence-electron chi connectivity index (χ2n) is 5.72. The molecule has 1 radical (unpaired) electrons. The van der Waals surface area contributed by atoms with E-state index in [2.05, 4.69) is 4.98 Å². The van der Waals surface area contributed by atoms with Gasteiger partial charge in [-0.3, -0.25) is 4.57 Å². The van der Waals surface area contributed by atoms with Gasteiger partial charge >= 0.3 is 13.3 Å². The molecule has 1 saturated heterocycles. The molecule has 2 heterocycles. The van der Waals surface area contributed by atoms with Crippen molar-refractivity contribution in [1.82, 2.24) is 9.55 Å². The van der Waals surface area contributed by atoms with Crippen molar-refractivity contribution in [3.05, 3.63) is 22.7 Å². The Labute approximate surface area is 186 Å². The van der Waals surface area contributed by atoms with Gasteiger partial charge in [-0.05, 0) is 6.07 Å². The third-order valence-corrected chi connectivity index (χ3v) is 3.88. The number of aliphatic hydroxyl groups excluding tert-OH is 3. The summed E-state index contributed by atoms with van der Waals surface area (Å²) in [6, 6.07) is 1.31. The standard InChI is InChI=1S/C9H14N3O7P.C4H8O4.Na/c10-7-1-2-12(8(13)11-7)9(14)3-6(4-19-9)18-5-20(15,16)17;5-1-3(7)4(8)2-6;/h1-2,6,14H,3-5H2,(H2,10,11,13)(H2,15,16,17);1,3-4,6-8H,2H2;/t6-,9?;3-,4-;/m11./s1. The van der Waals surface area contributed by atoms with E-state index in [1.165, 1.54) is 12.3 Å². The first-order chi connectivity index (χ1) is 12.9. The van der Waals surface area contributed by atoms with Crippen molar-refractivity contribution >= 4 is 49.3 Å². The average Bonchev–Trinajstić information content (AvgIpc) is 3.00. The molecule has 2 rings (SSSR count). The molecule has 1 aromatic rings. The number of hydrogen-bond acceptors (Lipinski definition) is 11. The van der Waals surface area contributed by atoms with Gasteiger partial charge < -0.3 is 50.2 Å². The van der Waals surface area contributed by atoms with Gasteiger partial charge in [0.05, 0.1) is 25.7 Å². The fourth-order valence-electron chi connectivity index (χ4n) is 2.00. The van der Waals surface area contributed by atoms with Gasteiger partial charge in [0, 0.05) is 35.8 Å². The van der Waals surface area contributed by atoms with Crippen LogP contribution in [0.3, 0.4) is 0 Å². The Kier molecular flexibility index (Phi) is 11.9. The normalized spacial score (nSPS) is 23.3. The largest absolute Gasteiger partial charge is 0.394 e. The van der Waals surface area contributed by atoms with Crippen molar-refractivity contribution in [2.45, 2.75) is 30.6 Å². The van der Waals surface area contributed by atoms with Gasteiger partial charge in [0.25, 0.3) is 5.91 Å². The van der Waals surface area contributed by atoms with E-state index in [0.717, 1.165) is 4.57 Å². The summed E-state index contributed by atoms with van der Waals surface area (Å²) in [4.78, 5) is 42.1. The molecule has 0 bridgehead atoms. The van der Waals surface area contributed by atoms with Crippen molar-refractivity contribution in [2.75, 3.05) is 25.3 Å². The molecule has 1 unspecified atom stereocenters. The zero-order valence-electron chi connectivity index (χ0n) is 15.4. The van der Waals surface area contributed by atoms with Gasteiger partial charge in [-0.1, -0.05) is 0 Å². The summed E-state index contributed by atoms with van der Waals surface area (Å²) in [5, 5.41) is 35.0. The van der Waals surface area contributed by atoms with Crippen LogP contribution >= 0.6 is 7.60 Å². The molecule has 0 aliphatic carbocycles. The Bertz CT molecular complexity index is 760. The number of ether oxygens (including phenoxy) is 2. The zero-order valence-corrected chi connectivity index (χ0v) is 18.3. The molecule has 1 aromatic heterocycles. The Hall–Kier alpha value is -0.740. The molecule has 1 aliphatic rings. The van der Waals surface area contributed by atoms with Gasteiger partial charge in [0.1, 0.15) is 24.4 Å². The molecule has 14 nitrogen and oxygen atoms in total. The molecule has 0 amide bonds. The fraction of sp³-hybridized carbons (Fsp3) is 0.615. The van der Waals surface area contributed by atoms with Crippen LogP contribution in [0.25, 0.3) is 0 Å². The van der Waals surface area contributed by atoms with Crippen LogP contribution in [0.4, 0.5) is 5.82 Å². The first-order valence-corrected chi connectivity index (χ1v) is 9.52. The van der Waals surface area contributed by atoms with E-state index in [9.17, 15) is 19.3 Å². The molecule has 29 heavy (non-hydrogen) atoms. The molecule has 16 heteroatoms. The Balaban J connectivity index is 0.000000747. The van der Waals surface area contributed by atoms with Crippen LogP contribution in [-0.2, 0) is 24.7 Å². The number of nitrogens with zero attached hydrogens (tertiary/aromatic N) is 2. The molecule has 4 atom stereocenters. The minimum atomic E-state index is -4.30. The molecule has 0 aromatic carbocycles. The summed E-state index contributed by atoms with van der Waals surface area (Å²) in [6.07, 6.45) is -3.12. The van der Waals surface area contributed by atoms with Gasteiger partial charge in [-0.2, -0.15) is 4.98 Å². The van der Waals surface area contributed by atoms with Crippen LogP contribution in [0.1, 0.15) is 6.42 Å².